The van der Waals surface area contributed by atoms with Gasteiger partial charge in [-0.2, -0.15) is 0 Å². The first-order valence-electron chi connectivity index (χ1n) is 9.61. The van der Waals surface area contributed by atoms with Gasteiger partial charge in [0.1, 0.15) is 0 Å². The van der Waals surface area contributed by atoms with Crippen LogP contribution in [0.2, 0.25) is 0 Å². The summed E-state index contributed by atoms with van der Waals surface area (Å²) in [5, 5.41) is 9.29. The highest BCUT2D eigenvalue weighted by atomic mass is 16.5. The zero-order valence-electron chi connectivity index (χ0n) is 14.8. The molecule has 1 saturated heterocycles. The van der Waals surface area contributed by atoms with Crippen molar-refractivity contribution in [2.75, 3.05) is 52.5 Å². The number of nitrogens with zero attached hydrogens (tertiary/aromatic N) is 2. The van der Waals surface area contributed by atoms with E-state index in [-0.39, 0.29) is 6.61 Å². The van der Waals surface area contributed by atoms with Gasteiger partial charge in [0.2, 0.25) is 0 Å². The molecule has 0 radical (unpaired) electrons. The van der Waals surface area contributed by atoms with Gasteiger partial charge in [0, 0.05) is 32.3 Å². The van der Waals surface area contributed by atoms with E-state index in [0.29, 0.717) is 6.04 Å². The monoisotopic (exact) mass is 332 g/mol. The minimum absolute atomic E-state index is 0.286. The van der Waals surface area contributed by atoms with Gasteiger partial charge in [0.05, 0.1) is 13.2 Å². The van der Waals surface area contributed by atoms with Crippen LogP contribution in [0.15, 0.2) is 24.3 Å². The summed E-state index contributed by atoms with van der Waals surface area (Å²) in [4.78, 5) is 5.14. The quantitative estimate of drug-likeness (QED) is 0.793. The van der Waals surface area contributed by atoms with Crippen molar-refractivity contribution in [2.24, 2.45) is 0 Å². The maximum absolute atomic E-state index is 9.29. The van der Waals surface area contributed by atoms with Crippen LogP contribution in [0.3, 0.4) is 0 Å². The lowest BCUT2D eigenvalue weighted by Gasteiger charge is -2.36. The van der Waals surface area contributed by atoms with Gasteiger partial charge in [0.25, 0.3) is 0 Å². The molecule has 24 heavy (non-hydrogen) atoms. The molecule has 1 N–H and O–H groups in total. The van der Waals surface area contributed by atoms with Crippen molar-refractivity contribution in [2.45, 2.75) is 38.1 Å². The van der Waals surface area contributed by atoms with Crippen molar-refractivity contribution in [3.8, 4) is 0 Å². The average Bonchev–Trinajstić information content (AvgIpc) is 2.65. The molecule has 1 aromatic carbocycles. The summed E-state index contributed by atoms with van der Waals surface area (Å²) in [5.41, 5.74) is 3.05. The SMILES string of the molecule is OCCCN(CCCN1CCOCC1)C1CCCc2ccccc21. The number of rotatable bonds is 8. The molecular weight excluding hydrogens is 300 g/mol. The Balaban J connectivity index is 1.59. The minimum Gasteiger partial charge on any atom is -0.396 e. The van der Waals surface area contributed by atoms with Crippen LogP contribution in [0.5, 0.6) is 0 Å². The number of morpholine rings is 1. The Morgan fingerprint density at radius 3 is 2.75 bits per heavy atom. The van der Waals surface area contributed by atoms with Crippen molar-refractivity contribution in [1.82, 2.24) is 9.80 Å². The highest BCUT2D eigenvalue weighted by Crippen LogP contribution is 2.34. The molecule has 134 valence electrons. The zero-order valence-corrected chi connectivity index (χ0v) is 14.8. The highest BCUT2D eigenvalue weighted by Gasteiger charge is 2.25. The summed E-state index contributed by atoms with van der Waals surface area (Å²) >= 11 is 0. The molecule has 1 unspecified atom stereocenters. The first-order chi connectivity index (χ1) is 11.9. The second-order valence-electron chi connectivity index (χ2n) is 7.03. The average molecular weight is 332 g/mol. The molecule has 2 aliphatic rings. The van der Waals surface area contributed by atoms with E-state index in [0.717, 1.165) is 52.4 Å². The van der Waals surface area contributed by atoms with Crippen LogP contribution in [0, 0.1) is 0 Å². The van der Waals surface area contributed by atoms with E-state index in [1.54, 1.807) is 0 Å². The lowest BCUT2D eigenvalue weighted by molar-refractivity contribution is 0.0349. The third-order valence-electron chi connectivity index (χ3n) is 5.41. The number of fused-ring (bicyclic) bond motifs is 1. The fourth-order valence-corrected chi connectivity index (χ4v) is 4.13. The van der Waals surface area contributed by atoms with Gasteiger partial charge in [-0.15, -0.1) is 0 Å². The molecule has 0 bridgehead atoms. The largest absolute Gasteiger partial charge is 0.396 e. The molecule has 1 fully saturated rings. The van der Waals surface area contributed by atoms with Gasteiger partial charge in [-0.25, -0.2) is 0 Å². The van der Waals surface area contributed by atoms with Crippen molar-refractivity contribution >= 4 is 0 Å². The Kier molecular flexibility index (Phi) is 7.09. The van der Waals surface area contributed by atoms with Crippen molar-refractivity contribution in [3.05, 3.63) is 35.4 Å². The Morgan fingerprint density at radius 2 is 1.92 bits per heavy atom. The van der Waals surface area contributed by atoms with Crippen molar-refractivity contribution < 1.29 is 9.84 Å². The predicted molar refractivity (Wildman–Crippen MR) is 97.3 cm³/mol. The first-order valence-corrected chi connectivity index (χ1v) is 9.61. The Labute approximate surface area is 146 Å². The number of hydrogen-bond acceptors (Lipinski definition) is 4. The van der Waals surface area contributed by atoms with E-state index >= 15 is 0 Å². The van der Waals surface area contributed by atoms with E-state index in [9.17, 15) is 5.11 Å². The molecule has 0 aromatic heterocycles. The molecular formula is C20H32N2O2. The maximum Gasteiger partial charge on any atom is 0.0594 e. The molecule has 0 amide bonds. The summed E-state index contributed by atoms with van der Waals surface area (Å²) in [5.74, 6) is 0. The van der Waals surface area contributed by atoms with E-state index in [4.69, 9.17) is 4.74 Å². The fourth-order valence-electron chi connectivity index (χ4n) is 4.13. The van der Waals surface area contributed by atoms with Gasteiger partial charge in [0.15, 0.2) is 0 Å². The number of benzene rings is 1. The van der Waals surface area contributed by atoms with Gasteiger partial charge in [-0.3, -0.25) is 9.80 Å². The smallest absolute Gasteiger partial charge is 0.0594 e. The standard InChI is InChI=1S/C20H32N2O2/c23-15-5-12-22(11-4-10-21-13-16-24-17-14-21)20-9-3-7-18-6-1-2-8-19(18)20/h1-2,6,8,20,23H,3-5,7,9-17H2. The summed E-state index contributed by atoms with van der Waals surface area (Å²) < 4.78 is 5.43. The van der Waals surface area contributed by atoms with E-state index in [1.807, 2.05) is 0 Å². The third kappa shape index (κ3) is 4.79. The number of aliphatic hydroxyl groups excluding tert-OH is 1. The molecule has 4 nitrogen and oxygen atoms in total. The number of ether oxygens (including phenoxy) is 1. The minimum atomic E-state index is 0.286. The Bertz CT molecular complexity index is 488. The highest BCUT2D eigenvalue weighted by molar-refractivity contribution is 5.32. The molecule has 0 saturated carbocycles. The summed E-state index contributed by atoms with van der Waals surface area (Å²) in [7, 11) is 0. The van der Waals surface area contributed by atoms with Gasteiger partial charge in [-0.05, 0) is 56.3 Å². The van der Waals surface area contributed by atoms with Crippen LogP contribution < -0.4 is 0 Å². The van der Waals surface area contributed by atoms with Crippen LogP contribution in [-0.4, -0.2) is 67.5 Å². The topological polar surface area (TPSA) is 35.9 Å². The van der Waals surface area contributed by atoms with Crippen LogP contribution in [0.25, 0.3) is 0 Å². The summed E-state index contributed by atoms with van der Waals surface area (Å²) in [6, 6.07) is 9.48. The van der Waals surface area contributed by atoms with Crippen LogP contribution >= 0.6 is 0 Å². The van der Waals surface area contributed by atoms with E-state index in [1.165, 1.54) is 36.8 Å². The number of hydrogen-bond donors (Lipinski definition) is 1. The Morgan fingerprint density at radius 1 is 1.12 bits per heavy atom. The van der Waals surface area contributed by atoms with E-state index in [2.05, 4.69) is 34.1 Å². The first kappa shape index (κ1) is 17.9. The van der Waals surface area contributed by atoms with Crippen molar-refractivity contribution in [3.63, 3.8) is 0 Å². The van der Waals surface area contributed by atoms with E-state index < -0.39 is 0 Å². The molecule has 3 rings (SSSR count). The third-order valence-corrected chi connectivity index (χ3v) is 5.41. The van der Waals surface area contributed by atoms with Crippen LogP contribution in [0.4, 0.5) is 0 Å². The molecule has 1 atom stereocenters. The summed E-state index contributed by atoms with van der Waals surface area (Å²) in [6.45, 7) is 7.47. The van der Waals surface area contributed by atoms with Crippen molar-refractivity contribution in [1.29, 1.82) is 0 Å². The van der Waals surface area contributed by atoms with Crippen LogP contribution in [0.1, 0.15) is 42.9 Å². The van der Waals surface area contributed by atoms with Gasteiger partial charge >= 0.3 is 0 Å². The number of aliphatic hydroxyl groups is 1. The molecule has 1 aromatic rings. The molecule has 1 heterocycles. The normalized spacial score (nSPS) is 21.8. The summed E-state index contributed by atoms with van der Waals surface area (Å²) in [6.07, 6.45) is 5.81. The molecule has 1 aliphatic carbocycles. The van der Waals surface area contributed by atoms with Crippen LogP contribution in [-0.2, 0) is 11.2 Å². The van der Waals surface area contributed by atoms with Gasteiger partial charge < -0.3 is 9.84 Å². The molecule has 1 aliphatic heterocycles. The zero-order chi connectivity index (χ0) is 16.6. The second kappa shape index (κ2) is 9.52. The Hall–Kier alpha value is -0.940. The maximum atomic E-state index is 9.29. The lowest BCUT2D eigenvalue weighted by atomic mass is 9.86. The fraction of sp³-hybridized carbons (Fsp3) is 0.700. The van der Waals surface area contributed by atoms with Gasteiger partial charge in [-0.1, -0.05) is 24.3 Å². The second-order valence-corrected chi connectivity index (χ2v) is 7.03. The lowest BCUT2D eigenvalue weighted by Crippen LogP contribution is -2.39. The number of aryl methyl sites for hydroxylation is 1. The predicted octanol–water partition coefficient (Wildman–Crippen LogP) is 2.47. The molecule has 4 heteroatoms. The molecule has 0 spiro atoms.